The second-order valence-electron chi connectivity index (χ2n) is 8.34. The fourth-order valence-electron chi connectivity index (χ4n) is 4.02. The summed E-state index contributed by atoms with van der Waals surface area (Å²) in [6.45, 7) is 5.66. The lowest BCUT2D eigenvalue weighted by Crippen LogP contribution is -2.52. The van der Waals surface area contributed by atoms with E-state index in [1.165, 1.54) is 12.1 Å². The number of halogens is 2. The zero-order chi connectivity index (χ0) is 25.3. The topological polar surface area (TPSA) is 117 Å². The number of carbonyl (C=O) groups excluding carboxylic acids is 1. The minimum absolute atomic E-state index is 0.169. The van der Waals surface area contributed by atoms with Crippen LogP contribution in [-0.2, 0) is 17.9 Å². The maximum absolute atomic E-state index is 14.1. The van der Waals surface area contributed by atoms with Gasteiger partial charge in [0.1, 0.15) is 11.7 Å². The van der Waals surface area contributed by atoms with E-state index in [2.05, 4.69) is 25.7 Å². The van der Waals surface area contributed by atoms with Crippen molar-refractivity contribution < 1.29 is 23.4 Å². The van der Waals surface area contributed by atoms with Gasteiger partial charge in [-0.1, -0.05) is 0 Å². The van der Waals surface area contributed by atoms with Gasteiger partial charge in [-0.3, -0.25) is 9.48 Å². The van der Waals surface area contributed by atoms with Crippen LogP contribution in [0.5, 0.6) is 5.75 Å². The van der Waals surface area contributed by atoms with Crippen LogP contribution < -0.4 is 20.3 Å². The molecule has 1 amide bonds. The third kappa shape index (κ3) is 5.02. The molecule has 3 aromatic rings. The molecule has 10 nitrogen and oxygen atoms in total. The largest absolute Gasteiger partial charge is 0.488 e. The normalized spacial score (nSPS) is 16.0. The Bertz CT molecular complexity index is 1220. The molecule has 1 aromatic carbocycles. The Morgan fingerprint density at radius 3 is 2.63 bits per heavy atom. The highest BCUT2D eigenvalue weighted by Crippen LogP contribution is 2.33. The number of aromatic nitrogens is 4. The Kier molecular flexibility index (Phi) is 6.83. The van der Waals surface area contributed by atoms with Gasteiger partial charge in [0.15, 0.2) is 23.2 Å². The Balaban J connectivity index is 1.45. The SMILES string of the molecule is CCOc1c(F)cc(Cn2cc(CNc3nc(C)c4c(n3)N(C)[C@@H]([C@@H](C)O)C(=O)N4)cn2)cc1F. The number of nitrogens with one attached hydrogen (secondary N) is 2. The maximum Gasteiger partial charge on any atom is 0.249 e. The standard InChI is InChI=1S/C23H27F2N7O3/c1-5-35-20-16(24)6-14(7-17(20)25)10-32-11-15(9-27-32)8-26-23-28-12(2)18-21(30-23)31(4)19(13(3)33)22(34)29-18/h6-7,9,11,13,19,33H,5,8,10H2,1-4H3,(H,29,34)(H,26,28,30)/t13-,19+/m1/s1. The van der Waals surface area contributed by atoms with Crippen molar-refractivity contribution >= 4 is 23.4 Å². The first-order chi connectivity index (χ1) is 16.7. The number of nitrogens with zero attached hydrogens (tertiary/aromatic N) is 5. The number of ether oxygens (including phenoxy) is 1. The summed E-state index contributed by atoms with van der Waals surface area (Å²) in [5.74, 6) is -1.36. The highest BCUT2D eigenvalue weighted by atomic mass is 19.1. The Hall–Kier alpha value is -3.80. The van der Waals surface area contributed by atoms with Gasteiger partial charge in [-0.15, -0.1) is 0 Å². The molecule has 1 aliphatic heterocycles. The lowest BCUT2D eigenvalue weighted by Gasteiger charge is -2.36. The van der Waals surface area contributed by atoms with E-state index in [1.54, 1.807) is 49.8 Å². The molecular formula is C23H27F2N7O3. The third-order valence-electron chi connectivity index (χ3n) is 5.62. The molecule has 3 N–H and O–H groups in total. The number of aliphatic hydroxyl groups excluding tert-OH is 1. The number of carbonyl (C=O) groups is 1. The molecule has 0 saturated heterocycles. The van der Waals surface area contributed by atoms with Crippen molar-refractivity contribution in [1.82, 2.24) is 19.7 Å². The van der Waals surface area contributed by atoms with Crippen molar-refractivity contribution in [3.63, 3.8) is 0 Å². The number of likely N-dealkylation sites (N-methyl/N-ethyl adjacent to an activating group) is 1. The van der Waals surface area contributed by atoms with Gasteiger partial charge in [0.2, 0.25) is 11.9 Å². The molecule has 3 heterocycles. The average molecular weight is 488 g/mol. The third-order valence-corrected chi connectivity index (χ3v) is 5.62. The number of fused-ring (bicyclic) bond motifs is 1. The van der Waals surface area contributed by atoms with Gasteiger partial charge in [-0.05, 0) is 38.5 Å². The summed E-state index contributed by atoms with van der Waals surface area (Å²) in [7, 11) is 1.70. The highest BCUT2D eigenvalue weighted by molar-refractivity contribution is 6.03. The van der Waals surface area contributed by atoms with Crippen LogP contribution in [0.4, 0.5) is 26.2 Å². The van der Waals surface area contributed by atoms with Crippen LogP contribution >= 0.6 is 0 Å². The summed E-state index contributed by atoms with van der Waals surface area (Å²) in [4.78, 5) is 22.9. The molecule has 0 fully saturated rings. The monoisotopic (exact) mass is 487 g/mol. The Labute approximate surface area is 200 Å². The maximum atomic E-state index is 14.1. The molecule has 2 atom stereocenters. The van der Waals surface area contributed by atoms with E-state index in [-0.39, 0.29) is 24.8 Å². The Morgan fingerprint density at radius 1 is 1.26 bits per heavy atom. The molecule has 35 heavy (non-hydrogen) atoms. The summed E-state index contributed by atoms with van der Waals surface area (Å²) in [6, 6.07) is 1.69. The van der Waals surface area contributed by atoms with Crippen molar-refractivity contribution in [2.45, 2.75) is 46.0 Å². The fraction of sp³-hybridized carbons (Fsp3) is 0.391. The first-order valence-electron chi connectivity index (χ1n) is 11.1. The summed E-state index contributed by atoms with van der Waals surface area (Å²) in [5.41, 5.74) is 2.30. The summed E-state index contributed by atoms with van der Waals surface area (Å²) < 4.78 is 34.8. The van der Waals surface area contributed by atoms with Gasteiger partial charge in [0.05, 0.1) is 31.1 Å². The fourth-order valence-corrected chi connectivity index (χ4v) is 4.02. The van der Waals surface area contributed by atoms with Crippen molar-refractivity contribution in [3.05, 3.63) is 53.0 Å². The molecule has 0 bridgehead atoms. The molecule has 12 heteroatoms. The van der Waals surface area contributed by atoms with Gasteiger partial charge < -0.3 is 25.4 Å². The minimum Gasteiger partial charge on any atom is -0.488 e. The van der Waals surface area contributed by atoms with Crippen LogP contribution in [0.3, 0.4) is 0 Å². The van der Waals surface area contributed by atoms with Crippen LogP contribution in [0, 0.1) is 18.6 Å². The van der Waals surface area contributed by atoms with Crippen molar-refractivity contribution in [2.24, 2.45) is 0 Å². The number of amides is 1. The lowest BCUT2D eigenvalue weighted by molar-refractivity contribution is -0.119. The van der Waals surface area contributed by atoms with Gasteiger partial charge in [0, 0.05) is 25.4 Å². The van der Waals surface area contributed by atoms with Crippen molar-refractivity contribution in [3.8, 4) is 5.75 Å². The van der Waals surface area contributed by atoms with Crippen molar-refractivity contribution in [1.29, 1.82) is 0 Å². The first kappa shape index (κ1) is 24.3. The predicted octanol–water partition coefficient (Wildman–Crippen LogP) is 2.46. The summed E-state index contributed by atoms with van der Waals surface area (Å²) in [6.07, 6.45) is 2.50. The molecule has 0 unspecified atom stereocenters. The number of anilines is 3. The second-order valence-corrected chi connectivity index (χ2v) is 8.34. The number of hydrogen-bond donors (Lipinski definition) is 3. The quantitative estimate of drug-likeness (QED) is 0.444. The van der Waals surface area contributed by atoms with Gasteiger partial charge >= 0.3 is 0 Å². The highest BCUT2D eigenvalue weighted by Gasteiger charge is 2.36. The Morgan fingerprint density at radius 2 is 1.97 bits per heavy atom. The number of aryl methyl sites for hydroxylation is 1. The molecule has 0 aliphatic carbocycles. The van der Waals surface area contributed by atoms with E-state index in [9.17, 15) is 18.7 Å². The number of aliphatic hydroxyl groups is 1. The summed E-state index contributed by atoms with van der Waals surface area (Å²) in [5, 5.41) is 20.1. The molecule has 0 saturated carbocycles. The molecule has 186 valence electrons. The minimum atomic E-state index is -0.886. The number of benzene rings is 1. The molecule has 4 rings (SSSR count). The van der Waals surface area contributed by atoms with Crippen LogP contribution in [0.1, 0.15) is 30.7 Å². The molecule has 0 radical (unpaired) electrons. The van der Waals surface area contributed by atoms with E-state index in [4.69, 9.17) is 4.74 Å². The van der Waals surface area contributed by atoms with Crippen LogP contribution in [0.2, 0.25) is 0 Å². The van der Waals surface area contributed by atoms with Gasteiger partial charge in [-0.2, -0.15) is 10.1 Å². The lowest BCUT2D eigenvalue weighted by atomic mass is 10.1. The predicted molar refractivity (Wildman–Crippen MR) is 125 cm³/mol. The van der Waals surface area contributed by atoms with Crippen LogP contribution in [0.15, 0.2) is 24.5 Å². The van der Waals surface area contributed by atoms with E-state index < -0.39 is 23.8 Å². The van der Waals surface area contributed by atoms with Gasteiger partial charge in [0.25, 0.3) is 0 Å². The average Bonchev–Trinajstić information content (AvgIpc) is 3.22. The van der Waals surface area contributed by atoms with E-state index in [1.807, 2.05) is 0 Å². The first-order valence-corrected chi connectivity index (χ1v) is 11.1. The second kappa shape index (κ2) is 9.82. The van der Waals surface area contributed by atoms with E-state index >= 15 is 0 Å². The summed E-state index contributed by atoms with van der Waals surface area (Å²) >= 11 is 0. The zero-order valence-corrected chi connectivity index (χ0v) is 19.8. The van der Waals surface area contributed by atoms with E-state index in [0.717, 1.165) is 5.56 Å². The van der Waals surface area contributed by atoms with Crippen LogP contribution in [-0.4, -0.2) is 56.6 Å². The molecule has 2 aromatic heterocycles. The van der Waals surface area contributed by atoms with E-state index in [0.29, 0.717) is 35.3 Å². The molecule has 1 aliphatic rings. The molecular weight excluding hydrogens is 460 g/mol. The van der Waals surface area contributed by atoms with Crippen molar-refractivity contribution in [2.75, 3.05) is 29.2 Å². The number of hydrogen-bond acceptors (Lipinski definition) is 8. The smallest absolute Gasteiger partial charge is 0.249 e. The van der Waals surface area contributed by atoms with Gasteiger partial charge in [-0.25, -0.2) is 13.8 Å². The molecule has 0 spiro atoms. The number of rotatable bonds is 8. The van der Waals surface area contributed by atoms with Crippen LogP contribution in [0.25, 0.3) is 0 Å². The zero-order valence-electron chi connectivity index (χ0n) is 19.8.